The minimum atomic E-state index is -4.60. The van der Waals surface area contributed by atoms with Crippen LogP contribution in [0.5, 0.6) is 5.88 Å². The molecule has 3 heterocycles. The number of methoxy groups -OCH3 is 1. The van der Waals surface area contributed by atoms with Gasteiger partial charge in [0.1, 0.15) is 11.8 Å². The summed E-state index contributed by atoms with van der Waals surface area (Å²) in [6.45, 7) is 0. The number of halogens is 3. The number of aromatic nitrogens is 4. The zero-order valence-electron chi connectivity index (χ0n) is 11.8. The highest BCUT2D eigenvalue weighted by atomic mass is 19.4. The number of nitrogens with two attached hydrogens (primary N) is 2. The lowest BCUT2D eigenvalue weighted by atomic mass is 10.1. The maximum absolute atomic E-state index is 13.2. The average molecular weight is 324 g/mol. The molecule has 0 spiro atoms. The van der Waals surface area contributed by atoms with Gasteiger partial charge in [-0.25, -0.2) is 14.5 Å². The van der Waals surface area contributed by atoms with Gasteiger partial charge in [0.25, 0.3) is 0 Å². The first kappa shape index (κ1) is 14.9. The van der Waals surface area contributed by atoms with E-state index in [1.807, 2.05) is 0 Å². The molecule has 3 aromatic heterocycles. The number of pyridine rings is 1. The fourth-order valence-corrected chi connectivity index (χ4v) is 2.27. The number of fused-ring (bicyclic) bond motifs is 1. The van der Waals surface area contributed by atoms with E-state index in [0.717, 1.165) is 16.9 Å². The van der Waals surface area contributed by atoms with Crippen LogP contribution in [0.3, 0.4) is 0 Å². The monoisotopic (exact) mass is 324 g/mol. The van der Waals surface area contributed by atoms with E-state index in [9.17, 15) is 13.2 Å². The zero-order chi connectivity index (χ0) is 16.8. The molecule has 0 saturated heterocycles. The summed E-state index contributed by atoms with van der Waals surface area (Å²) in [5, 5.41) is 3.85. The van der Waals surface area contributed by atoms with Crippen LogP contribution in [0.4, 0.5) is 24.7 Å². The van der Waals surface area contributed by atoms with Crippen molar-refractivity contribution in [1.29, 1.82) is 0 Å². The van der Waals surface area contributed by atoms with Crippen molar-refractivity contribution in [2.75, 3.05) is 18.6 Å². The minimum Gasteiger partial charge on any atom is -0.480 e. The van der Waals surface area contributed by atoms with Gasteiger partial charge in [0, 0.05) is 11.8 Å². The summed E-state index contributed by atoms with van der Waals surface area (Å²) < 4.78 is 45.7. The number of hydrogen-bond donors (Lipinski definition) is 2. The van der Waals surface area contributed by atoms with Crippen LogP contribution in [-0.2, 0) is 6.18 Å². The maximum atomic E-state index is 13.2. The van der Waals surface area contributed by atoms with Crippen molar-refractivity contribution in [2.45, 2.75) is 6.18 Å². The third kappa shape index (κ3) is 2.37. The normalized spacial score (nSPS) is 11.8. The van der Waals surface area contributed by atoms with Crippen molar-refractivity contribution in [1.82, 2.24) is 19.6 Å². The van der Waals surface area contributed by atoms with Crippen molar-refractivity contribution in [3.05, 3.63) is 30.2 Å². The molecule has 0 aliphatic carbocycles. The molecule has 4 N–H and O–H groups in total. The molecule has 0 saturated carbocycles. The number of anilines is 2. The second-order valence-corrected chi connectivity index (χ2v) is 4.67. The van der Waals surface area contributed by atoms with E-state index in [2.05, 4.69) is 15.1 Å². The Hall–Kier alpha value is -3.04. The SMILES string of the molecule is COc1ncc(-c2cc(C(F)(F)F)c3c(N)ncnn23)cc1N. The second-order valence-electron chi connectivity index (χ2n) is 4.67. The summed E-state index contributed by atoms with van der Waals surface area (Å²) >= 11 is 0. The Morgan fingerprint density at radius 2 is 1.91 bits per heavy atom. The summed E-state index contributed by atoms with van der Waals surface area (Å²) in [5.41, 5.74) is 10.8. The fraction of sp³-hybridized carbons (Fsp3) is 0.154. The predicted molar refractivity (Wildman–Crippen MR) is 76.6 cm³/mol. The van der Waals surface area contributed by atoms with Gasteiger partial charge in [-0.15, -0.1) is 0 Å². The molecular weight excluding hydrogens is 313 g/mol. The van der Waals surface area contributed by atoms with Gasteiger partial charge < -0.3 is 16.2 Å². The first-order chi connectivity index (χ1) is 10.8. The average Bonchev–Trinajstić information content (AvgIpc) is 2.88. The lowest BCUT2D eigenvalue weighted by molar-refractivity contribution is -0.136. The van der Waals surface area contributed by atoms with Crippen molar-refractivity contribution in [3.63, 3.8) is 0 Å². The van der Waals surface area contributed by atoms with E-state index in [4.69, 9.17) is 16.2 Å². The molecule has 120 valence electrons. The lowest BCUT2D eigenvalue weighted by Gasteiger charge is -2.06. The summed E-state index contributed by atoms with van der Waals surface area (Å²) in [5.74, 6) is -0.0900. The third-order valence-corrected chi connectivity index (χ3v) is 3.26. The van der Waals surface area contributed by atoms with Crippen LogP contribution >= 0.6 is 0 Å². The minimum absolute atomic E-state index is 0.142. The van der Waals surface area contributed by atoms with Crippen molar-refractivity contribution >= 4 is 17.0 Å². The maximum Gasteiger partial charge on any atom is 0.418 e. The Labute approximate surface area is 127 Å². The van der Waals surface area contributed by atoms with Gasteiger partial charge in [-0.1, -0.05) is 0 Å². The largest absolute Gasteiger partial charge is 0.480 e. The van der Waals surface area contributed by atoms with Crippen LogP contribution in [0.15, 0.2) is 24.7 Å². The van der Waals surface area contributed by atoms with Crippen LogP contribution < -0.4 is 16.2 Å². The third-order valence-electron chi connectivity index (χ3n) is 3.26. The van der Waals surface area contributed by atoms with Crippen molar-refractivity contribution < 1.29 is 17.9 Å². The van der Waals surface area contributed by atoms with Gasteiger partial charge in [0.2, 0.25) is 5.88 Å². The van der Waals surface area contributed by atoms with E-state index < -0.39 is 11.7 Å². The first-order valence-electron chi connectivity index (χ1n) is 6.32. The van der Waals surface area contributed by atoms with Crippen molar-refractivity contribution in [3.8, 4) is 17.1 Å². The Kier molecular flexibility index (Phi) is 3.24. The molecule has 0 atom stereocenters. The number of hydrogen-bond acceptors (Lipinski definition) is 6. The van der Waals surface area contributed by atoms with Gasteiger partial charge in [0.15, 0.2) is 5.82 Å². The van der Waals surface area contributed by atoms with Gasteiger partial charge in [-0.2, -0.15) is 18.3 Å². The van der Waals surface area contributed by atoms with E-state index >= 15 is 0 Å². The Balaban J connectivity index is 2.31. The highest BCUT2D eigenvalue weighted by Crippen LogP contribution is 2.39. The van der Waals surface area contributed by atoms with Crippen LogP contribution in [-0.4, -0.2) is 26.7 Å². The van der Waals surface area contributed by atoms with Crippen LogP contribution in [0, 0.1) is 0 Å². The topological polar surface area (TPSA) is 104 Å². The predicted octanol–water partition coefficient (Wildman–Crippen LogP) is 1.98. The van der Waals surface area contributed by atoms with Gasteiger partial charge in [-0.3, -0.25) is 0 Å². The molecule has 0 aliphatic rings. The molecule has 3 rings (SSSR count). The molecule has 3 aromatic rings. The van der Waals surface area contributed by atoms with Crippen LogP contribution in [0.25, 0.3) is 16.8 Å². The number of nitrogens with zero attached hydrogens (tertiary/aromatic N) is 4. The quantitative estimate of drug-likeness (QED) is 0.747. The Morgan fingerprint density at radius 3 is 2.52 bits per heavy atom. The molecule has 0 radical (unpaired) electrons. The molecule has 0 bridgehead atoms. The lowest BCUT2D eigenvalue weighted by Crippen LogP contribution is -2.07. The second kappa shape index (κ2) is 5.00. The van der Waals surface area contributed by atoms with Gasteiger partial charge in [0.05, 0.1) is 24.1 Å². The zero-order valence-corrected chi connectivity index (χ0v) is 11.8. The molecule has 0 aromatic carbocycles. The molecule has 10 heteroatoms. The summed E-state index contributed by atoms with van der Waals surface area (Å²) in [4.78, 5) is 7.58. The first-order valence-corrected chi connectivity index (χ1v) is 6.32. The van der Waals surface area contributed by atoms with Crippen molar-refractivity contribution in [2.24, 2.45) is 0 Å². The molecule has 0 fully saturated rings. The number of alkyl halides is 3. The molecule has 23 heavy (non-hydrogen) atoms. The molecule has 0 aliphatic heterocycles. The van der Waals surface area contributed by atoms with Gasteiger partial charge >= 0.3 is 6.18 Å². The van der Waals surface area contributed by atoms with E-state index in [1.54, 1.807) is 0 Å². The van der Waals surface area contributed by atoms with Crippen LogP contribution in [0.1, 0.15) is 5.56 Å². The number of nitrogen functional groups attached to an aromatic ring is 2. The highest BCUT2D eigenvalue weighted by Gasteiger charge is 2.36. The molecule has 7 nitrogen and oxygen atoms in total. The summed E-state index contributed by atoms with van der Waals surface area (Å²) in [7, 11) is 1.39. The van der Waals surface area contributed by atoms with Gasteiger partial charge in [-0.05, 0) is 12.1 Å². The standard InChI is InChI=1S/C13H11F3N6O/c1-23-12-8(17)2-6(4-19-12)9-3-7(13(14,15)16)10-11(18)20-5-21-22(9)10/h2-5H,17H2,1H3,(H2,18,20,21). The smallest absolute Gasteiger partial charge is 0.418 e. The molecule has 0 unspecified atom stereocenters. The van der Waals surface area contributed by atoms with Crippen LogP contribution in [0.2, 0.25) is 0 Å². The fourth-order valence-electron chi connectivity index (χ4n) is 2.27. The summed E-state index contributed by atoms with van der Waals surface area (Å²) in [6, 6.07) is 2.38. The summed E-state index contributed by atoms with van der Waals surface area (Å²) in [6.07, 6.45) is -2.19. The number of ether oxygens (including phenoxy) is 1. The number of rotatable bonds is 2. The van der Waals surface area contributed by atoms with E-state index in [-0.39, 0.29) is 28.6 Å². The Bertz CT molecular complexity index is 889. The van der Waals surface area contributed by atoms with E-state index in [1.165, 1.54) is 19.4 Å². The molecule has 0 amide bonds. The Morgan fingerprint density at radius 1 is 1.17 bits per heavy atom. The highest BCUT2D eigenvalue weighted by molar-refractivity contribution is 5.79. The molecular formula is C13H11F3N6O. The van der Waals surface area contributed by atoms with E-state index in [0.29, 0.717) is 5.56 Å².